The monoisotopic (exact) mass is 265 g/mol. The summed E-state index contributed by atoms with van der Waals surface area (Å²) < 4.78 is 13.0. The van der Waals surface area contributed by atoms with E-state index in [0.717, 1.165) is 30.7 Å². The average Bonchev–Trinajstić information content (AvgIpc) is 3.07. The zero-order chi connectivity index (χ0) is 12.8. The Labute approximate surface area is 111 Å². The highest BCUT2D eigenvalue weighted by atomic mass is 32.2. The van der Waals surface area contributed by atoms with Crippen LogP contribution in [-0.2, 0) is 10.2 Å². The van der Waals surface area contributed by atoms with E-state index in [-0.39, 0.29) is 22.5 Å². The second kappa shape index (κ2) is 4.26. The first-order valence-electron chi connectivity index (χ1n) is 6.32. The van der Waals surface area contributed by atoms with E-state index < -0.39 is 0 Å². The Bertz CT molecular complexity index is 469. The molecule has 3 rings (SSSR count). The van der Waals surface area contributed by atoms with E-state index in [4.69, 9.17) is 0 Å². The average molecular weight is 265 g/mol. The molecule has 0 spiro atoms. The minimum atomic E-state index is -0.354. The first-order valence-corrected chi connectivity index (χ1v) is 7.37. The first kappa shape index (κ1) is 12.0. The molecule has 1 atom stereocenters. The molecule has 0 N–H and O–H groups in total. The topological polar surface area (TPSA) is 20.3 Å². The normalized spacial score (nSPS) is 25.2. The van der Waals surface area contributed by atoms with E-state index in [1.54, 1.807) is 12.1 Å². The molecule has 2 fully saturated rings. The van der Waals surface area contributed by atoms with Gasteiger partial charge in [0.05, 0.1) is 10.8 Å². The van der Waals surface area contributed by atoms with E-state index in [2.05, 4.69) is 6.92 Å². The summed E-state index contributed by atoms with van der Waals surface area (Å²) in [6.07, 6.45) is 1.79. The maximum atomic E-state index is 13.0. The minimum Gasteiger partial charge on any atom is -0.329 e. The van der Waals surface area contributed by atoms with Crippen LogP contribution in [0, 0.1) is 5.82 Å². The highest BCUT2D eigenvalue weighted by molar-refractivity contribution is 8.00. The fourth-order valence-corrected chi connectivity index (χ4v) is 3.68. The lowest BCUT2D eigenvalue weighted by Crippen LogP contribution is -2.40. The van der Waals surface area contributed by atoms with Crippen LogP contribution in [0.4, 0.5) is 4.39 Å². The van der Waals surface area contributed by atoms with Gasteiger partial charge in [0.1, 0.15) is 5.82 Å². The molecule has 2 nitrogen and oxygen atoms in total. The van der Waals surface area contributed by atoms with Gasteiger partial charge in [0.25, 0.3) is 0 Å². The van der Waals surface area contributed by atoms with E-state index in [0.29, 0.717) is 0 Å². The van der Waals surface area contributed by atoms with Crippen molar-refractivity contribution >= 4 is 17.7 Å². The third kappa shape index (κ3) is 1.83. The van der Waals surface area contributed by atoms with Crippen molar-refractivity contribution in [1.82, 2.24) is 4.90 Å². The predicted molar refractivity (Wildman–Crippen MR) is 70.9 cm³/mol. The molecule has 96 valence electrons. The highest BCUT2D eigenvalue weighted by Gasteiger charge is 2.54. The molecular weight excluding hydrogens is 249 g/mol. The van der Waals surface area contributed by atoms with Crippen molar-refractivity contribution < 1.29 is 9.18 Å². The molecule has 1 heterocycles. The van der Waals surface area contributed by atoms with Crippen molar-refractivity contribution in [2.24, 2.45) is 0 Å². The van der Waals surface area contributed by atoms with Crippen molar-refractivity contribution in [3.63, 3.8) is 0 Å². The Morgan fingerprint density at radius 3 is 2.56 bits per heavy atom. The number of carbonyl (C=O) groups is 1. The SMILES string of the molecule is CC1SCCN1C(=O)C1(c2ccc(F)cc2)CC1. The lowest BCUT2D eigenvalue weighted by atomic mass is 9.94. The largest absolute Gasteiger partial charge is 0.329 e. The van der Waals surface area contributed by atoms with Crippen LogP contribution in [0.25, 0.3) is 0 Å². The lowest BCUT2D eigenvalue weighted by Gasteiger charge is -2.26. The minimum absolute atomic E-state index is 0.228. The number of benzene rings is 1. The molecule has 18 heavy (non-hydrogen) atoms. The number of hydrogen-bond donors (Lipinski definition) is 0. The number of halogens is 1. The molecule has 1 aliphatic heterocycles. The number of carbonyl (C=O) groups excluding carboxylic acids is 1. The zero-order valence-electron chi connectivity index (χ0n) is 10.4. The fourth-order valence-electron chi connectivity index (χ4n) is 2.65. The number of rotatable bonds is 2. The second-order valence-electron chi connectivity index (χ2n) is 5.06. The third-order valence-electron chi connectivity index (χ3n) is 3.95. The molecule has 0 radical (unpaired) electrons. The van der Waals surface area contributed by atoms with Crippen molar-refractivity contribution in [3.8, 4) is 0 Å². The van der Waals surface area contributed by atoms with E-state index >= 15 is 0 Å². The third-order valence-corrected chi connectivity index (χ3v) is 5.10. The summed E-state index contributed by atoms with van der Waals surface area (Å²) in [5.41, 5.74) is 0.616. The molecule has 1 aliphatic carbocycles. The summed E-state index contributed by atoms with van der Waals surface area (Å²) >= 11 is 1.82. The summed E-state index contributed by atoms with van der Waals surface area (Å²) in [6, 6.07) is 6.41. The number of hydrogen-bond acceptors (Lipinski definition) is 2. The Morgan fingerprint density at radius 1 is 1.39 bits per heavy atom. The smallest absolute Gasteiger partial charge is 0.234 e. The van der Waals surface area contributed by atoms with Gasteiger partial charge in [-0.2, -0.15) is 0 Å². The molecule has 1 saturated heterocycles. The van der Waals surface area contributed by atoms with Gasteiger partial charge in [0.2, 0.25) is 5.91 Å². The molecule has 1 aromatic carbocycles. The van der Waals surface area contributed by atoms with Crippen molar-refractivity contribution in [2.45, 2.75) is 30.6 Å². The molecule has 1 saturated carbocycles. The van der Waals surface area contributed by atoms with Crippen molar-refractivity contribution in [2.75, 3.05) is 12.3 Å². The van der Waals surface area contributed by atoms with Gasteiger partial charge in [0, 0.05) is 12.3 Å². The molecule has 1 unspecified atom stereocenters. The summed E-state index contributed by atoms with van der Waals surface area (Å²) in [4.78, 5) is 14.6. The quantitative estimate of drug-likeness (QED) is 0.819. The van der Waals surface area contributed by atoms with Crippen LogP contribution in [-0.4, -0.2) is 28.5 Å². The summed E-state index contributed by atoms with van der Waals surface area (Å²) in [6.45, 7) is 2.92. The summed E-state index contributed by atoms with van der Waals surface area (Å²) in [5.74, 6) is 1.01. The molecule has 1 aromatic rings. The van der Waals surface area contributed by atoms with E-state index in [1.165, 1.54) is 12.1 Å². The lowest BCUT2D eigenvalue weighted by molar-refractivity contribution is -0.133. The second-order valence-corrected chi connectivity index (χ2v) is 6.48. The van der Waals surface area contributed by atoms with Crippen LogP contribution in [0.15, 0.2) is 24.3 Å². The van der Waals surface area contributed by atoms with Crippen LogP contribution < -0.4 is 0 Å². The molecule has 0 bridgehead atoms. The van der Waals surface area contributed by atoms with Crippen LogP contribution in [0.2, 0.25) is 0 Å². The van der Waals surface area contributed by atoms with Gasteiger partial charge in [-0.15, -0.1) is 11.8 Å². The van der Waals surface area contributed by atoms with Crippen LogP contribution in [0.5, 0.6) is 0 Å². The van der Waals surface area contributed by atoms with Gasteiger partial charge >= 0.3 is 0 Å². The maximum absolute atomic E-state index is 13.0. The molecule has 4 heteroatoms. The van der Waals surface area contributed by atoms with Gasteiger partial charge in [-0.05, 0) is 37.5 Å². The van der Waals surface area contributed by atoms with Gasteiger partial charge in [-0.25, -0.2) is 4.39 Å². The fraction of sp³-hybridized carbons (Fsp3) is 0.500. The van der Waals surface area contributed by atoms with Gasteiger partial charge in [-0.3, -0.25) is 4.79 Å². The Balaban J connectivity index is 1.86. The van der Waals surface area contributed by atoms with Gasteiger partial charge in [0.15, 0.2) is 0 Å². The van der Waals surface area contributed by atoms with E-state index in [1.807, 2.05) is 16.7 Å². The zero-order valence-corrected chi connectivity index (χ0v) is 11.2. The predicted octanol–water partition coefficient (Wildman–Crippen LogP) is 2.78. The van der Waals surface area contributed by atoms with Crippen LogP contribution in [0.3, 0.4) is 0 Å². The summed E-state index contributed by atoms with van der Waals surface area (Å²) in [7, 11) is 0. The summed E-state index contributed by atoms with van der Waals surface area (Å²) in [5, 5.41) is 0.274. The Kier molecular flexibility index (Phi) is 2.85. The standard InChI is InChI=1S/C14H16FNOS/c1-10-16(8-9-18-10)13(17)14(6-7-14)11-2-4-12(15)5-3-11/h2-5,10H,6-9H2,1H3. The molecule has 1 amide bonds. The number of nitrogens with zero attached hydrogens (tertiary/aromatic N) is 1. The first-order chi connectivity index (χ1) is 8.63. The molecule has 0 aromatic heterocycles. The Morgan fingerprint density at radius 2 is 2.06 bits per heavy atom. The van der Waals surface area contributed by atoms with Crippen molar-refractivity contribution in [3.05, 3.63) is 35.6 Å². The van der Waals surface area contributed by atoms with Gasteiger partial charge < -0.3 is 4.90 Å². The number of thioether (sulfide) groups is 1. The number of amides is 1. The van der Waals surface area contributed by atoms with Crippen LogP contribution in [0.1, 0.15) is 25.3 Å². The Hall–Kier alpha value is -1.03. The van der Waals surface area contributed by atoms with Crippen molar-refractivity contribution in [1.29, 1.82) is 0 Å². The van der Waals surface area contributed by atoms with E-state index in [9.17, 15) is 9.18 Å². The van der Waals surface area contributed by atoms with Gasteiger partial charge in [-0.1, -0.05) is 12.1 Å². The maximum Gasteiger partial charge on any atom is 0.234 e. The molecule has 2 aliphatic rings. The van der Waals surface area contributed by atoms with Crippen LogP contribution >= 0.6 is 11.8 Å². The highest BCUT2D eigenvalue weighted by Crippen LogP contribution is 2.50. The molecular formula is C14H16FNOS.